The molecular weight excluding hydrogens is 190 g/mol. The van der Waals surface area contributed by atoms with Crippen molar-refractivity contribution in [2.24, 2.45) is 0 Å². The maximum Gasteiger partial charge on any atom is 0.282 e. The smallest absolute Gasteiger partial charge is 0.282 e. The molecule has 0 bridgehead atoms. The fourth-order valence-corrected chi connectivity index (χ4v) is 1.69. The van der Waals surface area contributed by atoms with Crippen LogP contribution in [-0.2, 0) is 9.05 Å². The van der Waals surface area contributed by atoms with Crippen molar-refractivity contribution in [2.75, 3.05) is 0 Å². The maximum absolute atomic E-state index is 10.7. The molecule has 0 aliphatic heterocycles. The van der Waals surface area contributed by atoms with Crippen LogP contribution < -0.4 is 0 Å². The van der Waals surface area contributed by atoms with Crippen LogP contribution in [0.15, 0.2) is 9.55 Å². The van der Waals surface area contributed by atoms with Gasteiger partial charge in [0.1, 0.15) is 5.76 Å². The molecule has 0 aliphatic rings. The van der Waals surface area contributed by atoms with E-state index in [-0.39, 0.29) is 5.03 Å². The third-order valence-corrected chi connectivity index (χ3v) is 2.63. The van der Waals surface area contributed by atoms with Gasteiger partial charge in [0.05, 0.1) is 0 Å². The van der Waals surface area contributed by atoms with E-state index in [0.717, 1.165) is 0 Å². The average Bonchev–Trinajstić information content (AvgIpc) is 2.11. The first-order chi connectivity index (χ1) is 4.93. The second-order valence-corrected chi connectivity index (χ2v) is 4.59. The van der Waals surface area contributed by atoms with E-state index in [9.17, 15) is 8.42 Å². The number of halogens is 1. The van der Waals surface area contributed by atoms with E-state index in [2.05, 4.69) is 9.68 Å². The number of aromatic nitrogens is 1. The van der Waals surface area contributed by atoms with Gasteiger partial charge in [-0.15, -0.1) is 0 Å². The molecule has 1 aromatic rings. The van der Waals surface area contributed by atoms with Crippen LogP contribution in [0.5, 0.6) is 0 Å². The van der Waals surface area contributed by atoms with Crippen molar-refractivity contribution in [3.05, 3.63) is 11.3 Å². The Morgan fingerprint density at radius 1 is 1.45 bits per heavy atom. The number of nitrogens with zero attached hydrogens (tertiary/aromatic N) is 1. The van der Waals surface area contributed by atoms with Crippen LogP contribution in [-0.4, -0.2) is 13.6 Å². The van der Waals surface area contributed by atoms with Gasteiger partial charge in [-0.25, -0.2) is 8.42 Å². The van der Waals surface area contributed by atoms with Gasteiger partial charge in [0.2, 0.25) is 5.03 Å². The van der Waals surface area contributed by atoms with Gasteiger partial charge in [-0.3, -0.25) is 0 Å². The van der Waals surface area contributed by atoms with Crippen molar-refractivity contribution in [3.63, 3.8) is 0 Å². The minimum absolute atomic E-state index is 0.198. The molecule has 11 heavy (non-hydrogen) atoms. The van der Waals surface area contributed by atoms with E-state index in [1.165, 1.54) is 0 Å². The topological polar surface area (TPSA) is 60.2 Å². The lowest BCUT2D eigenvalue weighted by Crippen LogP contribution is -1.92. The van der Waals surface area contributed by atoms with E-state index in [4.69, 9.17) is 10.7 Å². The summed E-state index contributed by atoms with van der Waals surface area (Å²) in [6.07, 6.45) is 0. The standard InChI is InChI=1S/C5H6ClNO3S/c1-3-4(2)10-7-5(3)11(6,8)9/h1-2H3. The van der Waals surface area contributed by atoms with Gasteiger partial charge in [-0.2, -0.15) is 0 Å². The summed E-state index contributed by atoms with van der Waals surface area (Å²) in [5.41, 5.74) is 0.458. The van der Waals surface area contributed by atoms with Gasteiger partial charge in [0.15, 0.2) is 0 Å². The quantitative estimate of drug-likeness (QED) is 0.633. The molecule has 0 saturated heterocycles. The van der Waals surface area contributed by atoms with Crippen molar-refractivity contribution in [3.8, 4) is 0 Å². The normalized spacial score (nSPS) is 11.9. The molecule has 1 rings (SSSR count). The van der Waals surface area contributed by atoms with Crippen LogP contribution in [0.3, 0.4) is 0 Å². The lowest BCUT2D eigenvalue weighted by molar-refractivity contribution is 0.381. The van der Waals surface area contributed by atoms with Crippen molar-refractivity contribution in [1.29, 1.82) is 0 Å². The summed E-state index contributed by atoms with van der Waals surface area (Å²) in [5.74, 6) is 0.462. The summed E-state index contributed by atoms with van der Waals surface area (Å²) in [6, 6.07) is 0. The average molecular weight is 196 g/mol. The molecule has 62 valence electrons. The second-order valence-electron chi connectivity index (χ2n) is 2.11. The number of rotatable bonds is 1. The van der Waals surface area contributed by atoms with Crippen molar-refractivity contribution >= 4 is 19.7 Å². The summed E-state index contributed by atoms with van der Waals surface area (Å²) in [5, 5.41) is 3.09. The van der Waals surface area contributed by atoms with Crippen LogP contribution in [0.1, 0.15) is 11.3 Å². The molecule has 0 aliphatic carbocycles. The molecular formula is C5H6ClNO3S. The molecule has 0 radical (unpaired) electrons. The number of aryl methyl sites for hydroxylation is 1. The van der Waals surface area contributed by atoms with Gasteiger partial charge in [0.25, 0.3) is 9.05 Å². The Hall–Kier alpha value is -0.550. The highest BCUT2D eigenvalue weighted by molar-refractivity contribution is 8.13. The van der Waals surface area contributed by atoms with Gasteiger partial charge in [-0.1, -0.05) is 5.16 Å². The molecule has 0 amide bonds. The third kappa shape index (κ3) is 1.54. The molecule has 1 aromatic heterocycles. The Bertz CT molecular complexity index is 367. The van der Waals surface area contributed by atoms with Crippen LogP contribution in [0.2, 0.25) is 0 Å². The van der Waals surface area contributed by atoms with Gasteiger partial charge in [-0.05, 0) is 13.8 Å². The van der Waals surface area contributed by atoms with Crippen molar-refractivity contribution in [2.45, 2.75) is 18.9 Å². The van der Waals surface area contributed by atoms with Gasteiger partial charge < -0.3 is 4.52 Å². The second kappa shape index (κ2) is 2.49. The van der Waals surface area contributed by atoms with E-state index in [1.54, 1.807) is 13.8 Å². The predicted octanol–water partition coefficient (Wildman–Crippen LogP) is 1.22. The molecule has 4 nitrogen and oxygen atoms in total. The summed E-state index contributed by atoms with van der Waals surface area (Å²) in [7, 11) is 1.28. The molecule has 0 spiro atoms. The molecule has 1 heterocycles. The highest BCUT2D eigenvalue weighted by atomic mass is 35.7. The zero-order valence-electron chi connectivity index (χ0n) is 5.96. The molecule has 0 fully saturated rings. The molecule has 0 aromatic carbocycles. The van der Waals surface area contributed by atoms with Crippen molar-refractivity contribution in [1.82, 2.24) is 5.16 Å². The molecule has 0 atom stereocenters. The van der Waals surface area contributed by atoms with Crippen LogP contribution in [0.4, 0.5) is 0 Å². The SMILES string of the molecule is Cc1onc(S(=O)(=O)Cl)c1C. The fourth-order valence-electron chi connectivity index (χ4n) is 0.625. The highest BCUT2D eigenvalue weighted by Crippen LogP contribution is 2.19. The summed E-state index contributed by atoms with van der Waals surface area (Å²) < 4.78 is 26.0. The minimum Gasteiger partial charge on any atom is -0.360 e. The molecule has 0 unspecified atom stereocenters. The van der Waals surface area contributed by atoms with Crippen molar-refractivity contribution < 1.29 is 12.9 Å². The number of hydrogen-bond acceptors (Lipinski definition) is 4. The number of hydrogen-bond donors (Lipinski definition) is 0. The van der Waals surface area contributed by atoms with E-state index in [1.807, 2.05) is 0 Å². The molecule has 6 heteroatoms. The lowest BCUT2D eigenvalue weighted by Gasteiger charge is -1.87. The first-order valence-electron chi connectivity index (χ1n) is 2.80. The highest BCUT2D eigenvalue weighted by Gasteiger charge is 2.19. The Morgan fingerprint density at radius 2 is 2.00 bits per heavy atom. The third-order valence-electron chi connectivity index (χ3n) is 1.35. The Morgan fingerprint density at radius 3 is 2.18 bits per heavy atom. The summed E-state index contributed by atoms with van der Waals surface area (Å²) in [4.78, 5) is 0. The van der Waals surface area contributed by atoms with Crippen LogP contribution in [0.25, 0.3) is 0 Å². The lowest BCUT2D eigenvalue weighted by atomic mass is 10.3. The maximum atomic E-state index is 10.7. The first-order valence-corrected chi connectivity index (χ1v) is 5.11. The predicted molar refractivity (Wildman–Crippen MR) is 39.0 cm³/mol. The summed E-state index contributed by atoms with van der Waals surface area (Å²) >= 11 is 0. The zero-order valence-corrected chi connectivity index (χ0v) is 7.53. The van der Waals surface area contributed by atoms with Gasteiger partial charge in [0, 0.05) is 16.2 Å². The first kappa shape index (κ1) is 8.55. The zero-order chi connectivity index (χ0) is 8.65. The van der Waals surface area contributed by atoms with Gasteiger partial charge >= 0.3 is 0 Å². The Labute approximate surface area is 68.6 Å². The molecule has 0 N–H and O–H groups in total. The van der Waals surface area contributed by atoms with E-state index >= 15 is 0 Å². The summed E-state index contributed by atoms with van der Waals surface area (Å²) in [6.45, 7) is 3.20. The monoisotopic (exact) mass is 195 g/mol. The molecule has 0 saturated carbocycles. The minimum atomic E-state index is -3.75. The fraction of sp³-hybridized carbons (Fsp3) is 0.400. The van der Waals surface area contributed by atoms with Crippen LogP contribution >= 0.6 is 10.7 Å². The van der Waals surface area contributed by atoms with Crippen LogP contribution in [0, 0.1) is 13.8 Å². The Balaban J connectivity index is 3.38. The largest absolute Gasteiger partial charge is 0.360 e. The van der Waals surface area contributed by atoms with E-state index in [0.29, 0.717) is 11.3 Å². The van der Waals surface area contributed by atoms with E-state index < -0.39 is 9.05 Å². The Kier molecular flexibility index (Phi) is 1.94.